The number of nitrogens with two attached hydrogens (primary N) is 1. The Morgan fingerprint density at radius 2 is 1.33 bits per heavy atom. The third-order valence-corrected chi connectivity index (χ3v) is 7.71. The summed E-state index contributed by atoms with van der Waals surface area (Å²) in [6.07, 6.45) is -22.2. The van der Waals surface area contributed by atoms with Gasteiger partial charge in [-0.05, 0) is 19.1 Å². The summed E-state index contributed by atoms with van der Waals surface area (Å²) in [4.78, 5) is 23.6. The molecule has 3 aliphatic rings. The first kappa shape index (κ1) is 33.4. The lowest BCUT2D eigenvalue weighted by molar-refractivity contribution is -0.355. The lowest BCUT2D eigenvalue weighted by Crippen LogP contribution is -2.68. The molecule has 43 heavy (non-hydrogen) atoms. The summed E-state index contributed by atoms with van der Waals surface area (Å²) in [5, 5.41) is 82.3. The molecule has 1 aromatic rings. The van der Waals surface area contributed by atoms with Crippen molar-refractivity contribution in [3.63, 3.8) is 0 Å². The smallest absolute Gasteiger partial charge is 0.335 e. The highest BCUT2D eigenvalue weighted by Gasteiger charge is 2.54. The van der Waals surface area contributed by atoms with Gasteiger partial charge in [-0.3, -0.25) is 0 Å². The molecule has 0 radical (unpaired) electrons. The minimum Gasteiger partial charge on any atom is -0.479 e. The van der Waals surface area contributed by atoms with Crippen LogP contribution in [-0.2, 0) is 33.3 Å². The number of ether oxygens (including phenoxy) is 6. The number of hydrogen-bond donors (Lipinski definition) is 9. The minimum atomic E-state index is -1.91. The number of aryl methyl sites for hydroxylation is 1. The van der Waals surface area contributed by atoms with Gasteiger partial charge in [0.15, 0.2) is 24.8 Å². The van der Waals surface area contributed by atoms with Crippen LogP contribution >= 0.6 is 0 Å². The third kappa shape index (κ3) is 6.93. The van der Waals surface area contributed by atoms with Crippen LogP contribution in [0.1, 0.15) is 12.5 Å². The van der Waals surface area contributed by atoms with E-state index in [9.17, 15) is 50.4 Å². The van der Waals surface area contributed by atoms with Crippen molar-refractivity contribution in [3.05, 3.63) is 29.8 Å². The number of benzene rings is 1. The number of rotatable bonds is 9. The van der Waals surface area contributed by atoms with E-state index in [4.69, 9.17) is 34.2 Å². The molecule has 1 aromatic carbocycles. The molecular weight excluding hydrogens is 582 g/mol. The zero-order chi connectivity index (χ0) is 31.7. The topological polar surface area (TPSA) is 277 Å². The molecule has 17 heteroatoms. The van der Waals surface area contributed by atoms with Crippen LogP contribution in [0.2, 0.25) is 0 Å². The van der Waals surface area contributed by atoms with Gasteiger partial charge in [0.25, 0.3) is 0 Å². The normalized spacial score (nSPS) is 43.6. The highest BCUT2D eigenvalue weighted by Crippen LogP contribution is 2.33. The van der Waals surface area contributed by atoms with E-state index < -0.39 is 110 Å². The van der Waals surface area contributed by atoms with Crippen LogP contribution in [-0.4, -0.2) is 145 Å². The van der Waals surface area contributed by atoms with Gasteiger partial charge in [-0.2, -0.15) is 0 Å². The van der Waals surface area contributed by atoms with Gasteiger partial charge >= 0.3 is 11.9 Å². The Balaban J connectivity index is 1.47. The summed E-state index contributed by atoms with van der Waals surface area (Å²) in [6.45, 7) is 2.33. The standard InChI is InChI=1S/C26H37NO16/c1-8-3-5-10(6-4-8)38-25-17(33)15(31)20(21(43-25)23(36)37)42-24-12(27)14(30)19(11(7-28)39-24)41-26-16(32)13(29)9(2)18(40-26)22(34)35/h3-6,9,11-21,24-26,28-33H,7,27H2,1-2H3,(H,34,35)(H,36,37)/t9-,11?,12?,13+,14+,15+,16?,17?,18?,19+,20-,21?,24+,25+,26-/m0/s1. The quantitative estimate of drug-likeness (QED) is 0.128. The number of carboxylic acids is 2. The summed E-state index contributed by atoms with van der Waals surface area (Å²) < 4.78 is 33.0. The maximum Gasteiger partial charge on any atom is 0.335 e. The Hall–Kier alpha value is -2.52. The largest absolute Gasteiger partial charge is 0.479 e. The van der Waals surface area contributed by atoms with Crippen LogP contribution in [0.4, 0.5) is 0 Å². The third-order valence-electron chi connectivity index (χ3n) is 7.71. The number of hydrogen-bond acceptors (Lipinski definition) is 15. The number of carboxylic acid groups (broad SMARTS) is 2. The molecule has 3 saturated heterocycles. The van der Waals surface area contributed by atoms with Crippen LogP contribution in [0.3, 0.4) is 0 Å². The van der Waals surface area contributed by atoms with Gasteiger partial charge in [-0.15, -0.1) is 0 Å². The molecule has 6 unspecified atom stereocenters. The van der Waals surface area contributed by atoms with Crippen LogP contribution < -0.4 is 10.5 Å². The average Bonchev–Trinajstić information content (AvgIpc) is 2.96. The number of aliphatic hydroxyl groups is 6. The van der Waals surface area contributed by atoms with Crippen LogP contribution in [0.25, 0.3) is 0 Å². The average molecular weight is 620 g/mol. The van der Waals surface area contributed by atoms with Crippen LogP contribution in [0.15, 0.2) is 24.3 Å². The predicted octanol–water partition coefficient (Wildman–Crippen LogP) is -3.75. The second-order valence-electron chi connectivity index (χ2n) is 10.8. The van der Waals surface area contributed by atoms with E-state index in [0.717, 1.165) is 5.56 Å². The van der Waals surface area contributed by atoms with E-state index in [2.05, 4.69) is 0 Å². The van der Waals surface area contributed by atoms with Gasteiger partial charge in [0.1, 0.15) is 48.5 Å². The van der Waals surface area contributed by atoms with E-state index in [0.29, 0.717) is 0 Å². The number of aliphatic hydroxyl groups excluding tert-OH is 6. The molecule has 3 fully saturated rings. The first-order valence-electron chi connectivity index (χ1n) is 13.5. The highest BCUT2D eigenvalue weighted by molar-refractivity contribution is 5.73. The Morgan fingerprint density at radius 1 is 0.767 bits per heavy atom. The molecule has 0 spiro atoms. The highest BCUT2D eigenvalue weighted by atomic mass is 16.8. The van der Waals surface area contributed by atoms with Crippen molar-refractivity contribution in [2.24, 2.45) is 11.7 Å². The Morgan fingerprint density at radius 3 is 1.91 bits per heavy atom. The molecule has 0 bridgehead atoms. The van der Waals surface area contributed by atoms with Gasteiger partial charge in [-0.25, -0.2) is 9.59 Å². The lowest BCUT2D eigenvalue weighted by Gasteiger charge is -2.48. The molecule has 10 N–H and O–H groups in total. The summed E-state index contributed by atoms with van der Waals surface area (Å²) in [5.74, 6) is -3.82. The van der Waals surface area contributed by atoms with Crippen molar-refractivity contribution in [1.82, 2.24) is 0 Å². The molecule has 3 aliphatic heterocycles. The Labute approximate surface area is 244 Å². The molecule has 15 atom stereocenters. The zero-order valence-corrected chi connectivity index (χ0v) is 23.1. The second-order valence-corrected chi connectivity index (χ2v) is 10.8. The van der Waals surface area contributed by atoms with Gasteiger partial charge < -0.3 is 75.0 Å². The molecule has 0 amide bonds. The molecule has 4 rings (SSSR count). The maximum atomic E-state index is 12.1. The molecule has 0 saturated carbocycles. The van der Waals surface area contributed by atoms with Gasteiger partial charge in [0.2, 0.25) is 6.29 Å². The predicted molar refractivity (Wildman–Crippen MR) is 137 cm³/mol. The van der Waals surface area contributed by atoms with Crippen molar-refractivity contribution >= 4 is 11.9 Å². The fourth-order valence-corrected chi connectivity index (χ4v) is 5.12. The van der Waals surface area contributed by atoms with Crippen molar-refractivity contribution in [1.29, 1.82) is 0 Å². The fourth-order valence-electron chi connectivity index (χ4n) is 5.12. The first-order chi connectivity index (χ1) is 20.2. The van der Waals surface area contributed by atoms with Crippen molar-refractivity contribution in [2.45, 2.75) is 99.8 Å². The molecule has 17 nitrogen and oxygen atoms in total. The summed E-state index contributed by atoms with van der Waals surface area (Å²) in [5.41, 5.74) is 7.00. The first-order valence-corrected chi connectivity index (χ1v) is 13.5. The molecular formula is C26H37NO16. The molecule has 0 aromatic heterocycles. The molecule has 0 aliphatic carbocycles. The van der Waals surface area contributed by atoms with Gasteiger partial charge in [0, 0.05) is 5.92 Å². The second kappa shape index (κ2) is 13.6. The van der Waals surface area contributed by atoms with E-state index in [-0.39, 0.29) is 5.75 Å². The lowest BCUT2D eigenvalue weighted by atomic mass is 9.90. The summed E-state index contributed by atoms with van der Waals surface area (Å²) in [6, 6.07) is 4.98. The Kier molecular flexibility index (Phi) is 10.6. The van der Waals surface area contributed by atoms with E-state index in [1.54, 1.807) is 24.3 Å². The molecule has 242 valence electrons. The number of aliphatic carboxylic acids is 2. The SMILES string of the molecule is Cc1ccc(O[C@@H]2OC(C(=O)O)[C@@H](O[C@H]3OC(CO)[C@@H](O[C@@H]4OC(C(=O)O)[C@@H](C)[C@@H](O)C4O)[C@H](O)C3N)[C@H](O)C2O)cc1. The van der Waals surface area contributed by atoms with E-state index >= 15 is 0 Å². The number of carbonyl (C=O) groups is 2. The van der Waals surface area contributed by atoms with Crippen LogP contribution in [0, 0.1) is 12.8 Å². The van der Waals surface area contributed by atoms with Crippen LogP contribution in [0.5, 0.6) is 5.75 Å². The van der Waals surface area contributed by atoms with E-state index in [1.807, 2.05) is 6.92 Å². The van der Waals surface area contributed by atoms with Gasteiger partial charge in [0.05, 0.1) is 18.8 Å². The molecule has 3 heterocycles. The summed E-state index contributed by atoms with van der Waals surface area (Å²) >= 11 is 0. The minimum absolute atomic E-state index is 0.228. The van der Waals surface area contributed by atoms with Crippen molar-refractivity contribution in [3.8, 4) is 5.75 Å². The summed E-state index contributed by atoms with van der Waals surface area (Å²) in [7, 11) is 0. The fraction of sp³-hybridized carbons (Fsp3) is 0.692. The monoisotopic (exact) mass is 619 g/mol. The van der Waals surface area contributed by atoms with Crippen molar-refractivity contribution in [2.75, 3.05) is 6.61 Å². The van der Waals surface area contributed by atoms with E-state index in [1.165, 1.54) is 6.92 Å². The van der Waals surface area contributed by atoms with Crippen molar-refractivity contribution < 1.29 is 78.9 Å². The maximum absolute atomic E-state index is 12.1. The zero-order valence-electron chi connectivity index (χ0n) is 23.1. The van der Waals surface area contributed by atoms with Gasteiger partial charge in [-0.1, -0.05) is 24.6 Å². The Bertz CT molecular complexity index is 1110.